The van der Waals surface area contributed by atoms with E-state index in [4.69, 9.17) is 15.2 Å². The van der Waals surface area contributed by atoms with Gasteiger partial charge in [-0.2, -0.15) is 0 Å². The van der Waals surface area contributed by atoms with Crippen LogP contribution in [0.15, 0.2) is 24.3 Å². The number of rotatable bonds is 6. The van der Waals surface area contributed by atoms with Crippen LogP contribution in [0.5, 0.6) is 0 Å². The Bertz CT molecular complexity index is 457. The van der Waals surface area contributed by atoms with E-state index in [-0.39, 0.29) is 0 Å². The van der Waals surface area contributed by atoms with Crippen molar-refractivity contribution < 1.29 is 14.6 Å². The molecule has 0 aliphatic heterocycles. The fraction of sp³-hybridized carbons (Fsp3) is 0.625. The van der Waals surface area contributed by atoms with Crippen molar-refractivity contribution in [2.24, 2.45) is 5.73 Å². The first kappa shape index (κ1) is 15.4. The Balaban J connectivity index is 2.37. The average molecular weight is 279 g/mol. The van der Waals surface area contributed by atoms with Crippen LogP contribution in [0.3, 0.4) is 0 Å². The number of aryl methyl sites for hydroxylation is 1. The van der Waals surface area contributed by atoms with Crippen molar-refractivity contribution in [2.45, 2.75) is 43.5 Å². The number of hydrogen-bond acceptors (Lipinski definition) is 4. The van der Waals surface area contributed by atoms with Gasteiger partial charge < -0.3 is 20.3 Å². The summed E-state index contributed by atoms with van der Waals surface area (Å²) in [6.45, 7) is 2.25. The Morgan fingerprint density at radius 3 is 2.60 bits per heavy atom. The number of fused-ring (bicyclic) bond motifs is 1. The van der Waals surface area contributed by atoms with Gasteiger partial charge in [0.2, 0.25) is 0 Å². The molecule has 0 amide bonds. The zero-order valence-corrected chi connectivity index (χ0v) is 12.6. The smallest absolute Gasteiger partial charge is 0.159 e. The van der Waals surface area contributed by atoms with Crippen molar-refractivity contribution in [3.63, 3.8) is 0 Å². The van der Waals surface area contributed by atoms with Gasteiger partial charge in [0.25, 0.3) is 0 Å². The van der Waals surface area contributed by atoms with Crippen LogP contribution in [-0.4, -0.2) is 37.8 Å². The summed E-state index contributed by atoms with van der Waals surface area (Å²) in [5, 5.41) is 11.1. The van der Waals surface area contributed by atoms with Crippen molar-refractivity contribution >= 4 is 0 Å². The highest BCUT2D eigenvalue weighted by Crippen LogP contribution is 2.47. The van der Waals surface area contributed by atoms with Crippen LogP contribution < -0.4 is 5.73 Å². The summed E-state index contributed by atoms with van der Waals surface area (Å²) < 4.78 is 10.5. The molecule has 2 unspecified atom stereocenters. The van der Waals surface area contributed by atoms with Crippen LogP contribution >= 0.6 is 0 Å². The molecule has 0 fully saturated rings. The quantitative estimate of drug-likeness (QED) is 0.776. The zero-order valence-electron chi connectivity index (χ0n) is 12.6. The summed E-state index contributed by atoms with van der Waals surface area (Å²) >= 11 is 0. The predicted octanol–water partition coefficient (Wildman–Crippen LogP) is 1.59. The highest BCUT2D eigenvalue weighted by atomic mass is 16.7. The summed E-state index contributed by atoms with van der Waals surface area (Å²) in [6.07, 6.45) is 1.77. The summed E-state index contributed by atoms with van der Waals surface area (Å²) in [6, 6.07) is 8.24. The molecule has 0 spiro atoms. The zero-order chi connectivity index (χ0) is 14.8. The molecule has 0 heterocycles. The van der Waals surface area contributed by atoms with E-state index < -0.39 is 17.3 Å². The van der Waals surface area contributed by atoms with Gasteiger partial charge >= 0.3 is 0 Å². The van der Waals surface area contributed by atoms with Gasteiger partial charge in [0, 0.05) is 32.6 Å². The van der Waals surface area contributed by atoms with Gasteiger partial charge in [-0.3, -0.25) is 0 Å². The van der Waals surface area contributed by atoms with Gasteiger partial charge in [0.15, 0.2) is 6.29 Å². The molecule has 1 aliphatic rings. The number of benzene rings is 1. The molecule has 4 nitrogen and oxygen atoms in total. The second-order valence-corrected chi connectivity index (χ2v) is 5.82. The first-order valence-electron chi connectivity index (χ1n) is 7.07. The SMILES string of the molecule is COC(CC(C)(O)C1(CN)CCc2ccccc21)OC. The number of methoxy groups -OCH3 is 2. The normalized spacial score (nSPS) is 24.7. The fourth-order valence-corrected chi connectivity index (χ4v) is 3.46. The Hall–Kier alpha value is -0.940. The van der Waals surface area contributed by atoms with Gasteiger partial charge in [-0.05, 0) is 30.9 Å². The molecule has 3 N–H and O–H groups in total. The number of nitrogens with two attached hydrogens (primary N) is 1. The Morgan fingerprint density at radius 2 is 2.00 bits per heavy atom. The van der Waals surface area contributed by atoms with E-state index in [1.54, 1.807) is 14.2 Å². The standard InChI is InChI=1S/C16H25NO3/c1-15(18,10-14(19-2)20-3)16(11-17)9-8-12-6-4-5-7-13(12)16/h4-7,14,18H,8-11,17H2,1-3H3. The van der Waals surface area contributed by atoms with E-state index in [1.807, 2.05) is 19.1 Å². The molecule has 0 saturated carbocycles. The molecule has 20 heavy (non-hydrogen) atoms. The lowest BCUT2D eigenvalue weighted by Gasteiger charge is -2.44. The summed E-state index contributed by atoms with van der Waals surface area (Å²) in [5.41, 5.74) is 7.12. The molecule has 1 aromatic carbocycles. The van der Waals surface area contributed by atoms with Gasteiger partial charge in [-0.15, -0.1) is 0 Å². The topological polar surface area (TPSA) is 64.7 Å². The Morgan fingerprint density at radius 1 is 1.35 bits per heavy atom. The third-order valence-electron chi connectivity index (χ3n) is 4.82. The minimum absolute atomic E-state index is 0.394. The second kappa shape index (κ2) is 5.82. The molecule has 2 atom stereocenters. The maximum atomic E-state index is 11.1. The van der Waals surface area contributed by atoms with Crippen LogP contribution in [0.4, 0.5) is 0 Å². The largest absolute Gasteiger partial charge is 0.389 e. The van der Waals surface area contributed by atoms with Gasteiger partial charge in [0.05, 0.1) is 5.60 Å². The molecule has 112 valence electrons. The molecule has 2 rings (SSSR count). The van der Waals surface area contributed by atoms with E-state index in [1.165, 1.54) is 11.1 Å². The molecule has 0 bridgehead atoms. The third kappa shape index (κ3) is 2.37. The van der Waals surface area contributed by atoms with E-state index in [0.717, 1.165) is 12.8 Å². The number of aliphatic hydroxyl groups is 1. The minimum Gasteiger partial charge on any atom is -0.389 e. The van der Waals surface area contributed by atoms with Crippen LogP contribution in [0.1, 0.15) is 30.9 Å². The maximum absolute atomic E-state index is 11.1. The number of hydrogen-bond donors (Lipinski definition) is 2. The molecular weight excluding hydrogens is 254 g/mol. The van der Waals surface area contributed by atoms with Crippen LogP contribution in [0.25, 0.3) is 0 Å². The second-order valence-electron chi connectivity index (χ2n) is 5.82. The Labute approximate surface area is 120 Å². The monoisotopic (exact) mass is 279 g/mol. The fourth-order valence-electron chi connectivity index (χ4n) is 3.46. The summed E-state index contributed by atoms with van der Waals surface area (Å²) in [7, 11) is 3.17. The minimum atomic E-state index is -0.981. The van der Waals surface area contributed by atoms with Crippen molar-refractivity contribution in [3.8, 4) is 0 Å². The molecule has 4 heteroatoms. The van der Waals surface area contributed by atoms with Crippen molar-refractivity contribution in [3.05, 3.63) is 35.4 Å². The summed E-state index contributed by atoms with van der Waals surface area (Å²) in [5.74, 6) is 0. The summed E-state index contributed by atoms with van der Waals surface area (Å²) in [4.78, 5) is 0. The van der Waals surface area contributed by atoms with E-state index >= 15 is 0 Å². The lowest BCUT2D eigenvalue weighted by atomic mass is 9.67. The van der Waals surface area contributed by atoms with Gasteiger partial charge in [-0.25, -0.2) is 0 Å². The predicted molar refractivity (Wildman–Crippen MR) is 78.5 cm³/mol. The average Bonchev–Trinajstić information content (AvgIpc) is 2.85. The molecule has 1 aliphatic carbocycles. The molecule has 0 saturated heterocycles. The highest BCUT2D eigenvalue weighted by molar-refractivity contribution is 5.42. The van der Waals surface area contributed by atoms with Crippen molar-refractivity contribution in [1.29, 1.82) is 0 Å². The lowest BCUT2D eigenvalue weighted by Crippen LogP contribution is -2.54. The van der Waals surface area contributed by atoms with E-state index in [2.05, 4.69) is 12.1 Å². The lowest BCUT2D eigenvalue weighted by molar-refractivity contribution is -0.156. The number of ether oxygens (including phenoxy) is 2. The van der Waals surface area contributed by atoms with Gasteiger partial charge in [0.1, 0.15) is 0 Å². The van der Waals surface area contributed by atoms with Crippen LogP contribution in [-0.2, 0) is 21.3 Å². The van der Waals surface area contributed by atoms with Gasteiger partial charge in [-0.1, -0.05) is 24.3 Å². The first-order valence-corrected chi connectivity index (χ1v) is 7.07. The van der Waals surface area contributed by atoms with Crippen molar-refractivity contribution in [1.82, 2.24) is 0 Å². The van der Waals surface area contributed by atoms with E-state index in [9.17, 15) is 5.11 Å². The molecule has 1 aromatic rings. The van der Waals surface area contributed by atoms with Crippen LogP contribution in [0.2, 0.25) is 0 Å². The van der Waals surface area contributed by atoms with E-state index in [0.29, 0.717) is 13.0 Å². The molecular formula is C16H25NO3. The Kier molecular flexibility index (Phi) is 4.49. The highest BCUT2D eigenvalue weighted by Gasteiger charge is 2.51. The van der Waals surface area contributed by atoms with Crippen LogP contribution in [0, 0.1) is 0 Å². The molecule has 0 aromatic heterocycles. The third-order valence-corrected chi connectivity index (χ3v) is 4.82. The molecule has 0 radical (unpaired) electrons. The maximum Gasteiger partial charge on any atom is 0.159 e. The first-order chi connectivity index (χ1) is 9.50. The van der Waals surface area contributed by atoms with Crippen molar-refractivity contribution in [2.75, 3.05) is 20.8 Å².